The van der Waals surface area contributed by atoms with Crippen molar-refractivity contribution in [1.82, 2.24) is 9.71 Å². The Balaban J connectivity index is 2.23. The van der Waals surface area contributed by atoms with Crippen LogP contribution in [0.3, 0.4) is 0 Å². The predicted octanol–water partition coefficient (Wildman–Crippen LogP) is 2.04. The van der Waals surface area contributed by atoms with Gasteiger partial charge in [0.2, 0.25) is 10.0 Å². The molecule has 3 N–H and O–H groups in total. The highest BCUT2D eigenvalue weighted by molar-refractivity contribution is 7.89. The molecule has 0 aliphatic carbocycles. The fourth-order valence-corrected chi connectivity index (χ4v) is 3.65. The molecular weight excluding hydrogens is 320 g/mol. The van der Waals surface area contributed by atoms with Gasteiger partial charge in [-0.25, -0.2) is 26.9 Å². The Bertz CT molecular complexity index is 737. The van der Waals surface area contributed by atoms with Crippen molar-refractivity contribution in [3.05, 3.63) is 39.8 Å². The summed E-state index contributed by atoms with van der Waals surface area (Å²) in [6, 6.07) is 1.52. The first-order valence-corrected chi connectivity index (χ1v) is 8.31. The van der Waals surface area contributed by atoms with Crippen LogP contribution in [-0.2, 0) is 23.0 Å². The largest absolute Gasteiger partial charge is 0.399 e. The van der Waals surface area contributed by atoms with E-state index in [0.717, 1.165) is 23.4 Å². The van der Waals surface area contributed by atoms with Crippen molar-refractivity contribution in [1.29, 1.82) is 0 Å². The molecule has 0 saturated heterocycles. The van der Waals surface area contributed by atoms with Gasteiger partial charge in [0.1, 0.15) is 16.6 Å². The van der Waals surface area contributed by atoms with Crippen molar-refractivity contribution < 1.29 is 17.2 Å². The van der Waals surface area contributed by atoms with E-state index in [0.29, 0.717) is 5.01 Å². The highest BCUT2D eigenvalue weighted by Crippen LogP contribution is 2.22. The predicted molar refractivity (Wildman–Crippen MR) is 76.3 cm³/mol. The number of benzene rings is 1. The molecule has 0 spiro atoms. The van der Waals surface area contributed by atoms with Crippen LogP contribution in [0.1, 0.15) is 16.8 Å². The third kappa shape index (κ3) is 3.55. The summed E-state index contributed by atoms with van der Waals surface area (Å²) in [6.45, 7) is 1.82. The number of nitrogens with zero attached hydrogens (tertiary/aromatic N) is 1. The molecule has 0 aliphatic rings. The highest BCUT2D eigenvalue weighted by Gasteiger charge is 2.24. The SMILES string of the molecule is CCc1cnc(CNS(=O)(=O)c2c(F)cc(N)cc2F)s1. The molecular formula is C12H13F2N3O2S2. The Hall–Kier alpha value is -1.58. The molecule has 1 aromatic heterocycles. The lowest BCUT2D eigenvalue weighted by Crippen LogP contribution is -2.25. The van der Waals surface area contributed by atoms with E-state index in [9.17, 15) is 17.2 Å². The summed E-state index contributed by atoms with van der Waals surface area (Å²) < 4.78 is 53.4. The zero-order chi connectivity index (χ0) is 15.6. The second-order valence-electron chi connectivity index (χ2n) is 4.21. The lowest BCUT2D eigenvalue weighted by Gasteiger charge is -2.08. The van der Waals surface area contributed by atoms with Crippen LogP contribution in [0.5, 0.6) is 0 Å². The van der Waals surface area contributed by atoms with Crippen molar-refractivity contribution in [3.8, 4) is 0 Å². The van der Waals surface area contributed by atoms with Gasteiger partial charge in [-0.2, -0.15) is 0 Å². The van der Waals surface area contributed by atoms with Crippen LogP contribution in [0.2, 0.25) is 0 Å². The van der Waals surface area contributed by atoms with Crippen molar-refractivity contribution in [2.75, 3.05) is 5.73 Å². The first-order valence-electron chi connectivity index (χ1n) is 6.01. The summed E-state index contributed by atoms with van der Waals surface area (Å²) >= 11 is 1.33. The standard InChI is InChI=1S/C12H13F2N3O2S2/c1-2-8-5-16-11(20-8)6-17-21(18,19)12-9(13)3-7(15)4-10(12)14/h3-5,17H,2,6,15H2,1H3. The third-order valence-corrected chi connectivity index (χ3v) is 5.25. The van der Waals surface area contributed by atoms with Crippen molar-refractivity contribution in [2.24, 2.45) is 0 Å². The number of hydrogen-bond acceptors (Lipinski definition) is 5. The van der Waals surface area contributed by atoms with Gasteiger partial charge < -0.3 is 5.73 Å². The summed E-state index contributed by atoms with van der Waals surface area (Å²) in [5, 5.41) is 0.520. The number of nitrogens with one attached hydrogen (secondary N) is 1. The Morgan fingerprint density at radius 1 is 1.33 bits per heavy atom. The van der Waals surface area contributed by atoms with Crippen molar-refractivity contribution in [2.45, 2.75) is 24.8 Å². The van der Waals surface area contributed by atoms with Crippen LogP contribution in [-0.4, -0.2) is 13.4 Å². The number of hydrogen-bond donors (Lipinski definition) is 2. The normalized spacial score (nSPS) is 11.8. The van der Waals surface area contributed by atoms with Gasteiger partial charge in [-0.15, -0.1) is 11.3 Å². The second kappa shape index (κ2) is 6.04. The molecule has 114 valence electrons. The van der Waals surface area contributed by atoms with Gasteiger partial charge in [0.25, 0.3) is 0 Å². The van der Waals surface area contributed by atoms with Gasteiger partial charge in [0.15, 0.2) is 4.90 Å². The Kier molecular flexibility index (Phi) is 4.55. The molecule has 0 amide bonds. The van der Waals surface area contributed by atoms with E-state index in [2.05, 4.69) is 9.71 Å². The van der Waals surface area contributed by atoms with Gasteiger partial charge >= 0.3 is 0 Å². The molecule has 0 saturated carbocycles. The van der Waals surface area contributed by atoms with E-state index in [1.54, 1.807) is 6.20 Å². The van der Waals surface area contributed by atoms with Crippen LogP contribution < -0.4 is 10.5 Å². The summed E-state index contributed by atoms with van der Waals surface area (Å²) in [6.07, 6.45) is 2.42. The number of thiazole rings is 1. The average Bonchev–Trinajstić information content (AvgIpc) is 2.82. The minimum Gasteiger partial charge on any atom is -0.399 e. The summed E-state index contributed by atoms with van der Waals surface area (Å²) in [7, 11) is -4.32. The number of aromatic nitrogens is 1. The molecule has 0 fully saturated rings. The molecule has 9 heteroatoms. The number of sulfonamides is 1. The number of nitrogens with two attached hydrogens (primary N) is 1. The molecule has 2 aromatic rings. The van der Waals surface area contributed by atoms with Gasteiger partial charge in [0, 0.05) is 16.8 Å². The Morgan fingerprint density at radius 2 is 1.95 bits per heavy atom. The topological polar surface area (TPSA) is 85.1 Å². The van der Waals surface area contributed by atoms with Gasteiger partial charge in [-0.1, -0.05) is 6.92 Å². The molecule has 0 bridgehead atoms. The van der Waals surface area contributed by atoms with Gasteiger partial charge in [0.05, 0.1) is 6.54 Å². The molecule has 0 atom stereocenters. The molecule has 0 radical (unpaired) electrons. The Morgan fingerprint density at radius 3 is 2.48 bits per heavy atom. The van der Waals surface area contributed by atoms with Crippen LogP contribution in [0.15, 0.2) is 23.2 Å². The van der Waals surface area contributed by atoms with E-state index in [-0.39, 0.29) is 12.2 Å². The Labute approximate surface area is 124 Å². The van der Waals surface area contributed by atoms with E-state index in [1.807, 2.05) is 6.92 Å². The number of nitrogen functional groups attached to an aromatic ring is 1. The summed E-state index contributed by atoms with van der Waals surface area (Å²) in [5.74, 6) is -2.46. The molecule has 21 heavy (non-hydrogen) atoms. The van der Waals surface area contributed by atoms with E-state index in [1.165, 1.54) is 11.3 Å². The van der Waals surface area contributed by atoms with Crippen LogP contribution in [0, 0.1) is 11.6 Å². The van der Waals surface area contributed by atoms with Crippen molar-refractivity contribution in [3.63, 3.8) is 0 Å². The lowest BCUT2D eigenvalue weighted by molar-refractivity contribution is 0.514. The fourth-order valence-electron chi connectivity index (χ4n) is 1.66. The average molecular weight is 333 g/mol. The first kappa shape index (κ1) is 15.8. The third-order valence-electron chi connectivity index (χ3n) is 2.65. The van der Waals surface area contributed by atoms with E-state index >= 15 is 0 Å². The summed E-state index contributed by atoms with van der Waals surface area (Å²) in [5.41, 5.74) is 5.07. The molecule has 1 heterocycles. The lowest BCUT2D eigenvalue weighted by atomic mass is 10.3. The minimum atomic E-state index is -4.32. The van der Waals surface area contributed by atoms with E-state index < -0.39 is 26.6 Å². The summed E-state index contributed by atoms with van der Waals surface area (Å²) in [4.78, 5) is 3.98. The van der Waals surface area contributed by atoms with E-state index in [4.69, 9.17) is 5.73 Å². The van der Waals surface area contributed by atoms with Crippen molar-refractivity contribution >= 4 is 27.0 Å². The quantitative estimate of drug-likeness (QED) is 0.820. The number of anilines is 1. The van der Waals surface area contributed by atoms with Gasteiger partial charge in [-0.05, 0) is 18.6 Å². The molecule has 0 unspecified atom stereocenters. The second-order valence-corrected chi connectivity index (χ2v) is 7.12. The number of rotatable bonds is 5. The maximum atomic E-state index is 13.6. The first-order chi connectivity index (χ1) is 9.83. The van der Waals surface area contributed by atoms with Crippen LogP contribution >= 0.6 is 11.3 Å². The molecule has 0 aliphatic heterocycles. The molecule has 2 rings (SSSR count). The van der Waals surface area contributed by atoms with Crippen LogP contribution in [0.4, 0.5) is 14.5 Å². The smallest absolute Gasteiger partial charge is 0.246 e. The number of aryl methyl sites for hydroxylation is 1. The minimum absolute atomic E-state index is 0.129. The monoisotopic (exact) mass is 333 g/mol. The van der Waals surface area contributed by atoms with Gasteiger partial charge in [-0.3, -0.25) is 0 Å². The fraction of sp³-hybridized carbons (Fsp3) is 0.250. The highest BCUT2D eigenvalue weighted by atomic mass is 32.2. The zero-order valence-corrected chi connectivity index (χ0v) is 12.7. The number of halogens is 2. The molecule has 1 aromatic carbocycles. The maximum absolute atomic E-state index is 13.6. The molecule has 5 nitrogen and oxygen atoms in total. The zero-order valence-electron chi connectivity index (χ0n) is 11.1. The maximum Gasteiger partial charge on any atom is 0.246 e. The van der Waals surface area contributed by atoms with Crippen LogP contribution in [0.25, 0.3) is 0 Å².